The molecular formula is C14H22N2O. The van der Waals surface area contributed by atoms with Gasteiger partial charge >= 0.3 is 0 Å². The van der Waals surface area contributed by atoms with Gasteiger partial charge in [-0.1, -0.05) is 30.3 Å². The van der Waals surface area contributed by atoms with Gasteiger partial charge in [0.05, 0.1) is 6.10 Å². The first-order chi connectivity index (χ1) is 8.27. The van der Waals surface area contributed by atoms with E-state index in [2.05, 4.69) is 17.3 Å². The fourth-order valence-corrected chi connectivity index (χ4v) is 2.45. The highest BCUT2D eigenvalue weighted by Gasteiger charge is 2.20. The average molecular weight is 234 g/mol. The monoisotopic (exact) mass is 234 g/mol. The molecule has 1 saturated heterocycles. The molecule has 0 aliphatic carbocycles. The minimum Gasteiger partial charge on any atom is -0.387 e. The second kappa shape index (κ2) is 6.15. The highest BCUT2D eigenvalue weighted by Crippen LogP contribution is 2.17. The SMILES string of the molecule is CN(CC(O)c1ccccc1)C1CCNCC1. The van der Waals surface area contributed by atoms with Gasteiger partial charge < -0.3 is 15.3 Å². The molecule has 94 valence electrons. The molecule has 1 aromatic carbocycles. The number of nitrogens with one attached hydrogen (secondary N) is 1. The Labute approximate surface area is 103 Å². The average Bonchev–Trinajstić information content (AvgIpc) is 2.40. The highest BCUT2D eigenvalue weighted by atomic mass is 16.3. The van der Waals surface area contributed by atoms with Crippen LogP contribution in [0.3, 0.4) is 0 Å². The molecule has 2 rings (SSSR count). The van der Waals surface area contributed by atoms with Crippen LogP contribution < -0.4 is 5.32 Å². The van der Waals surface area contributed by atoms with E-state index >= 15 is 0 Å². The first kappa shape index (κ1) is 12.6. The van der Waals surface area contributed by atoms with Gasteiger partial charge in [0.1, 0.15) is 0 Å². The molecule has 0 radical (unpaired) electrons. The van der Waals surface area contributed by atoms with Crippen LogP contribution in [-0.2, 0) is 0 Å². The summed E-state index contributed by atoms with van der Waals surface area (Å²) in [5.74, 6) is 0. The van der Waals surface area contributed by atoms with Crippen LogP contribution in [0.1, 0.15) is 24.5 Å². The van der Waals surface area contributed by atoms with Crippen molar-refractivity contribution in [2.24, 2.45) is 0 Å². The normalized spacial score (nSPS) is 19.5. The Balaban J connectivity index is 1.87. The maximum Gasteiger partial charge on any atom is 0.0916 e. The predicted molar refractivity (Wildman–Crippen MR) is 69.9 cm³/mol. The van der Waals surface area contributed by atoms with E-state index in [1.165, 1.54) is 12.8 Å². The molecule has 0 bridgehead atoms. The second-order valence-electron chi connectivity index (χ2n) is 4.85. The zero-order valence-corrected chi connectivity index (χ0v) is 10.5. The van der Waals surface area contributed by atoms with Crippen molar-refractivity contribution in [3.63, 3.8) is 0 Å². The standard InChI is InChI=1S/C14H22N2O/c1-16(13-7-9-15-10-8-13)11-14(17)12-5-3-2-4-6-12/h2-6,13-15,17H,7-11H2,1H3. The third-order valence-electron chi connectivity index (χ3n) is 3.58. The Hall–Kier alpha value is -0.900. The van der Waals surface area contributed by atoms with Gasteiger partial charge in [0.2, 0.25) is 0 Å². The van der Waals surface area contributed by atoms with E-state index < -0.39 is 0 Å². The summed E-state index contributed by atoms with van der Waals surface area (Å²) in [6, 6.07) is 10.5. The van der Waals surface area contributed by atoms with Crippen LogP contribution in [-0.4, -0.2) is 42.7 Å². The van der Waals surface area contributed by atoms with Crippen LogP contribution >= 0.6 is 0 Å². The first-order valence-corrected chi connectivity index (χ1v) is 6.41. The molecule has 3 nitrogen and oxygen atoms in total. The largest absolute Gasteiger partial charge is 0.387 e. The van der Waals surface area contributed by atoms with Crippen molar-refractivity contribution in [1.82, 2.24) is 10.2 Å². The number of benzene rings is 1. The van der Waals surface area contributed by atoms with E-state index in [9.17, 15) is 5.11 Å². The Bertz CT molecular complexity index is 322. The van der Waals surface area contributed by atoms with Crippen molar-refractivity contribution in [3.8, 4) is 0 Å². The lowest BCUT2D eigenvalue weighted by molar-refractivity contribution is 0.0937. The maximum atomic E-state index is 10.2. The summed E-state index contributed by atoms with van der Waals surface area (Å²) < 4.78 is 0. The summed E-state index contributed by atoms with van der Waals surface area (Å²) in [7, 11) is 2.11. The lowest BCUT2D eigenvalue weighted by Crippen LogP contribution is -2.42. The van der Waals surface area contributed by atoms with E-state index in [4.69, 9.17) is 0 Å². The van der Waals surface area contributed by atoms with Crippen molar-refractivity contribution in [2.75, 3.05) is 26.7 Å². The van der Waals surface area contributed by atoms with Gasteiger partial charge in [-0.2, -0.15) is 0 Å². The molecule has 0 spiro atoms. The van der Waals surface area contributed by atoms with E-state index in [0.29, 0.717) is 12.6 Å². The summed E-state index contributed by atoms with van der Waals surface area (Å²) in [6.07, 6.45) is 1.98. The van der Waals surface area contributed by atoms with Crippen molar-refractivity contribution < 1.29 is 5.11 Å². The first-order valence-electron chi connectivity index (χ1n) is 6.41. The molecule has 1 aliphatic rings. The van der Waals surface area contributed by atoms with Crippen LogP contribution in [0, 0.1) is 0 Å². The number of rotatable bonds is 4. The number of nitrogens with zero attached hydrogens (tertiary/aromatic N) is 1. The van der Waals surface area contributed by atoms with Crippen molar-refractivity contribution in [2.45, 2.75) is 25.0 Å². The molecule has 3 heteroatoms. The molecule has 1 aliphatic heterocycles. The molecule has 1 unspecified atom stereocenters. The summed E-state index contributed by atoms with van der Waals surface area (Å²) in [4.78, 5) is 2.29. The number of aliphatic hydroxyl groups excluding tert-OH is 1. The number of hydrogen-bond donors (Lipinski definition) is 2. The molecule has 1 heterocycles. The summed E-state index contributed by atoms with van der Waals surface area (Å²) in [5.41, 5.74) is 1.01. The van der Waals surface area contributed by atoms with Crippen LogP contribution in [0.5, 0.6) is 0 Å². The van der Waals surface area contributed by atoms with E-state index in [1.54, 1.807) is 0 Å². The van der Waals surface area contributed by atoms with E-state index in [1.807, 2.05) is 30.3 Å². The molecule has 17 heavy (non-hydrogen) atoms. The number of hydrogen-bond acceptors (Lipinski definition) is 3. The Morgan fingerprint density at radius 2 is 1.94 bits per heavy atom. The third-order valence-corrected chi connectivity index (χ3v) is 3.58. The van der Waals surface area contributed by atoms with Gasteiger partial charge in [0.15, 0.2) is 0 Å². The van der Waals surface area contributed by atoms with E-state index in [-0.39, 0.29) is 6.10 Å². The molecule has 0 amide bonds. The molecule has 0 aromatic heterocycles. The second-order valence-corrected chi connectivity index (χ2v) is 4.85. The summed E-state index contributed by atoms with van der Waals surface area (Å²) in [6.45, 7) is 2.90. The highest BCUT2D eigenvalue weighted by molar-refractivity contribution is 5.17. The van der Waals surface area contributed by atoms with Crippen LogP contribution in [0.4, 0.5) is 0 Å². The Morgan fingerprint density at radius 1 is 1.29 bits per heavy atom. The van der Waals surface area contributed by atoms with Crippen LogP contribution in [0.15, 0.2) is 30.3 Å². The Morgan fingerprint density at radius 3 is 2.59 bits per heavy atom. The maximum absolute atomic E-state index is 10.2. The molecule has 2 N–H and O–H groups in total. The van der Waals surface area contributed by atoms with Gasteiger partial charge in [-0.25, -0.2) is 0 Å². The Kier molecular flexibility index (Phi) is 4.54. The third kappa shape index (κ3) is 3.53. The lowest BCUT2D eigenvalue weighted by Gasteiger charge is -2.32. The topological polar surface area (TPSA) is 35.5 Å². The number of piperidine rings is 1. The fraction of sp³-hybridized carbons (Fsp3) is 0.571. The van der Waals surface area contributed by atoms with Crippen LogP contribution in [0.25, 0.3) is 0 Å². The minimum atomic E-state index is -0.379. The molecule has 1 atom stereocenters. The fourth-order valence-electron chi connectivity index (χ4n) is 2.45. The number of aliphatic hydroxyl groups is 1. The smallest absolute Gasteiger partial charge is 0.0916 e. The zero-order valence-electron chi connectivity index (χ0n) is 10.5. The van der Waals surface area contributed by atoms with Gasteiger partial charge in [0.25, 0.3) is 0 Å². The van der Waals surface area contributed by atoms with Gasteiger partial charge in [0, 0.05) is 12.6 Å². The number of likely N-dealkylation sites (N-methyl/N-ethyl adjacent to an activating group) is 1. The molecular weight excluding hydrogens is 212 g/mol. The molecule has 0 saturated carbocycles. The van der Waals surface area contributed by atoms with Crippen molar-refractivity contribution in [1.29, 1.82) is 0 Å². The van der Waals surface area contributed by atoms with Crippen molar-refractivity contribution >= 4 is 0 Å². The van der Waals surface area contributed by atoms with Gasteiger partial charge in [-0.15, -0.1) is 0 Å². The lowest BCUT2D eigenvalue weighted by atomic mass is 10.0. The van der Waals surface area contributed by atoms with Crippen molar-refractivity contribution in [3.05, 3.63) is 35.9 Å². The van der Waals surface area contributed by atoms with E-state index in [0.717, 1.165) is 18.7 Å². The van der Waals surface area contributed by atoms with Crippen LogP contribution in [0.2, 0.25) is 0 Å². The zero-order chi connectivity index (χ0) is 12.1. The van der Waals surface area contributed by atoms with Gasteiger partial charge in [-0.3, -0.25) is 0 Å². The minimum absolute atomic E-state index is 0.379. The quantitative estimate of drug-likeness (QED) is 0.826. The molecule has 1 aromatic rings. The summed E-state index contributed by atoms with van der Waals surface area (Å²) in [5, 5.41) is 13.5. The predicted octanol–water partition coefficient (Wildman–Crippen LogP) is 1.40. The summed E-state index contributed by atoms with van der Waals surface area (Å²) >= 11 is 0. The molecule has 1 fully saturated rings. The van der Waals surface area contributed by atoms with Gasteiger partial charge in [-0.05, 0) is 38.5 Å².